The van der Waals surface area contributed by atoms with Crippen molar-refractivity contribution in [3.8, 4) is 0 Å². The first kappa shape index (κ1) is 15.8. The first-order valence-corrected chi connectivity index (χ1v) is 9.16. The van der Waals surface area contributed by atoms with Crippen LogP contribution in [0.1, 0.15) is 34.0 Å². The molecule has 1 saturated heterocycles. The Morgan fingerprint density at radius 1 is 1.43 bits per heavy atom. The monoisotopic (exact) mass is 338 g/mol. The number of amides is 1. The molecule has 3 heterocycles. The normalized spacial score (nSPS) is 19.8. The Morgan fingerprint density at radius 2 is 2.22 bits per heavy atom. The quantitative estimate of drug-likeness (QED) is 0.842. The third-order valence-electron chi connectivity index (χ3n) is 4.06. The van der Waals surface area contributed by atoms with E-state index < -0.39 is 9.84 Å². The zero-order valence-electron chi connectivity index (χ0n) is 13.0. The van der Waals surface area contributed by atoms with Gasteiger partial charge in [0.25, 0.3) is 5.91 Å². The molecule has 1 aliphatic heterocycles. The van der Waals surface area contributed by atoms with E-state index in [2.05, 4.69) is 5.16 Å². The van der Waals surface area contributed by atoms with Crippen LogP contribution < -0.4 is 0 Å². The van der Waals surface area contributed by atoms with Crippen LogP contribution >= 0.6 is 0 Å². The van der Waals surface area contributed by atoms with Crippen molar-refractivity contribution in [2.75, 3.05) is 11.5 Å². The van der Waals surface area contributed by atoms with Crippen LogP contribution in [0.4, 0.5) is 0 Å². The molecule has 0 aliphatic carbocycles. The number of carbonyl (C=O) groups excluding carboxylic acids is 1. The van der Waals surface area contributed by atoms with Gasteiger partial charge in [0.1, 0.15) is 17.1 Å². The highest BCUT2D eigenvalue weighted by Crippen LogP contribution is 2.24. The molecule has 0 spiro atoms. The lowest BCUT2D eigenvalue weighted by atomic mass is 10.1. The lowest BCUT2D eigenvalue weighted by Gasteiger charge is -2.27. The second kappa shape index (κ2) is 5.84. The fraction of sp³-hybridized carbons (Fsp3) is 0.467. The molecule has 1 amide bonds. The second-order valence-electron chi connectivity index (χ2n) is 5.77. The van der Waals surface area contributed by atoms with Crippen molar-refractivity contribution >= 4 is 15.7 Å². The Labute approximate surface area is 134 Å². The number of sulfone groups is 1. The SMILES string of the molecule is Cc1noc(C)c1C(=O)N(Cc1ccco1)[C@H]1CCS(=O)(=O)C1. The summed E-state index contributed by atoms with van der Waals surface area (Å²) in [4.78, 5) is 14.5. The van der Waals surface area contributed by atoms with Crippen molar-refractivity contribution in [3.63, 3.8) is 0 Å². The largest absolute Gasteiger partial charge is 0.467 e. The van der Waals surface area contributed by atoms with Gasteiger partial charge in [-0.25, -0.2) is 8.42 Å². The average Bonchev–Trinajstić information content (AvgIpc) is 3.18. The smallest absolute Gasteiger partial charge is 0.260 e. The molecule has 7 nitrogen and oxygen atoms in total. The standard InChI is InChI=1S/C15H18N2O5S/c1-10-14(11(2)22-16-10)15(18)17(8-13-4-3-6-21-13)12-5-7-23(19,20)9-12/h3-4,6,12H,5,7-9H2,1-2H3/t12-/m0/s1. The fourth-order valence-electron chi connectivity index (χ4n) is 2.89. The summed E-state index contributed by atoms with van der Waals surface area (Å²) in [5.41, 5.74) is 0.888. The summed E-state index contributed by atoms with van der Waals surface area (Å²) in [5.74, 6) is 0.830. The number of rotatable bonds is 4. The van der Waals surface area contributed by atoms with Gasteiger partial charge in [-0.05, 0) is 32.4 Å². The Balaban J connectivity index is 1.93. The Kier molecular flexibility index (Phi) is 4.01. The average molecular weight is 338 g/mol. The van der Waals surface area contributed by atoms with Crippen LogP contribution in [0.3, 0.4) is 0 Å². The van der Waals surface area contributed by atoms with Gasteiger partial charge in [-0.2, -0.15) is 0 Å². The topological polar surface area (TPSA) is 93.6 Å². The summed E-state index contributed by atoms with van der Waals surface area (Å²) in [6.45, 7) is 3.58. The van der Waals surface area contributed by atoms with Gasteiger partial charge in [0, 0.05) is 6.04 Å². The van der Waals surface area contributed by atoms with Crippen molar-refractivity contribution in [1.82, 2.24) is 10.1 Å². The number of aryl methyl sites for hydroxylation is 2. The van der Waals surface area contributed by atoms with Crippen LogP contribution in [-0.2, 0) is 16.4 Å². The number of furan rings is 1. The van der Waals surface area contributed by atoms with Crippen molar-refractivity contribution in [2.45, 2.75) is 32.9 Å². The van der Waals surface area contributed by atoms with Crippen molar-refractivity contribution in [3.05, 3.63) is 41.2 Å². The van der Waals surface area contributed by atoms with Crippen molar-refractivity contribution in [1.29, 1.82) is 0 Å². The molecule has 2 aromatic heterocycles. The Hall–Kier alpha value is -2.09. The molecule has 2 aromatic rings. The Morgan fingerprint density at radius 3 is 2.74 bits per heavy atom. The van der Waals surface area contributed by atoms with E-state index in [0.29, 0.717) is 29.2 Å². The van der Waals surface area contributed by atoms with Gasteiger partial charge in [0.05, 0.1) is 30.0 Å². The minimum absolute atomic E-state index is 0.0250. The number of carbonyl (C=O) groups is 1. The van der Waals surface area contributed by atoms with Gasteiger partial charge < -0.3 is 13.8 Å². The molecule has 0 N–H and O–H groups in total. The first-order valence-electron chi connectivity index (χ1n) is 7.34. The predicted octanol–water partition coefficient (Wildman–Crippen LogP) is 1.71. The zero-order valence-corrected chi connectivity index (χ0v) is 13.8. The molecule has 0 aromatic carbocycles. The molecule has 3 rings (SSSR count). The van der Waals surface area contributed by atoms with Crippen LogP contribution in [0.2, 0.25) is 0 Å². The van der Waals surface area contributed by atoms with E-state index in [-0.39, 0.29) is 30.0 Å². The van der Waals surface area contributed by atoms with Gasteiger partial charge in [-0.1, -0.05) is 5.16 Å². The molecule has 1 atom stereocenters. The highest BCUT2D eigenvalue weighted by atomic mass is 32.2. The van der Waals surface area contributed by atoms with Crippen molar-refractivity contribution < 1.29 is 22.2 Å². The molecule has 0 unspecified atom stereocenters. The van der Waals surface area contributed by atoms with Crippen LogP contribution in [0, 0.1) is 13.8 Å². The number of hydrogen-bond acceptors (Lipinski definition) is 6. The minimum Gasteiger partial charge on any atom is -0.467 e. The van der Waals surface area contributed by atoms with Gasteiger partial charge in [0.15, 0.2) is 9.84 Å². The van der Waals surface area contributed by atoms with Crippen LogP contribution in [-0.4, -0.2) is 41.9 Å². The maximum absolute atomic E-state index is 13.0. The summed E-state index contributed by atoms with van der Waals surface area (Å²) in [6, 6.07) is 3.13. The molecule has 1 aliphatic rings. The van der Waals surface area contributed by atoms with Crippen LogP contribution in [0.25, 0.3) is 0 Å². The molecular weight excluding hydrogens is 320 g/mol. The van der Waals surface area contributed by atoms with E-state index in [0.717, 1.165) is 0 Å². The summed E-state index contributed by atoms with van der Waals surface area (Å²) in [6.07, 6.45) is 1.96. The summed E-state index contributed by atoms with van der Waals surface area (Å²) in [7, 11) is -3.11. The van der Waals surface area contributed by atoms with Gasteiger partial charge in [-0.15, -0.1) is 0 Å². The number of hydrogen-bond donors (Lipinski definition) is 0. The summed E-state index contributed by atoms with van der Waals surface area (Å²) >= 11 is 0. The summed E-state index contributed by atoms with van der Waals surface area (Å²) < 4.78 is 34.0. The molecule has 23 heavy (non-hydrogen) atoms. The molecule has 0 saturated carbocycles. The molecule has 0 bridgehead atoms. The molecular formula is C15H18N2O5S. The highest BCUT2D eigenvalue weighted by Gasteiger charge is 2.37. The van der Waals surface area contributed by atoms with Gasteiger partial charge in [0.2, 0.25) is 0 Å². The zero-order chi connectivity index (χ0) is 16.6. The Bertz CT molecular complexity index is 788. The van der Waals surface area contributed by atoms with Crippen molar-refractivity contribution in [2.24, 2.45) is 0 Å². The van der Waals surface area contributed by atoms with Crippen LogP contribution in [0.5, 0.6) is 0 Å². The predicted molar refractivity (Wildman–Crippen MR) is 81.6 cm³/mol. The van der Waals surface area contributed by atoms with Gasteiger partial charge in [-0.3, -0.25) is 4.79 Å². The second-order valence-corrected chi connectivity index (χ2v) is 8.00. The minimum atomic E-state index is -3.11. The van der Waals surface area contributed by atoms with E-state index in [1.807, 2.05) is 0 Å². The molecule has 1 fully saturated rings. The van der Waals surface area contributed by atoms with Crippen LogP contribution in [0.15, 0.2) is 27.3 Å². The maximum atomic E-state index is 13.0. The van der Waals surface area contributed by atoms with Gasteiger partial charge >= 0.3 is 0 Å². The van der Waals surface area contributed by atoms with E-state index in [1.165, 1.54) is 6.26 Å². The first-order chi connectivity index (χ1) is 10.9. The number of aromatic nitrogens is 1. The molecule has 124 valence electrons. The van der Waals surface area contributed by atoms with E-state index >= 15 is 0 Å². The molecule has 8 heteroatoms. The summed E-state index contributed by atoms with van der Waals surface area (Å²) in [5, 5.41) is 3.81. The lowest BCUT2D eigenvalue weighted by molar-refractivity contribution is 0.0663. The number of nitrogens with zero attached hydrogens (tertiary/aromatic N) is 2. The third kappa shape index (κ3) is 3.17. The highest BCUT2D eigenvalue weighted by molar-refractivity contribution is 7.91. The lowest BCUT2D eigenvalue weighted by Crippen LogP contribution is -2.41. The fourth-order valence-corrected chi connectivity index (χ4v) is 4.62. The van der Waals surface area contributed by atoms with E-state index in [4.69, 9.17) is 8.94 Å². The molecule has 0 radical (unpaired) electrons. The van der Waals surface area contributed by atoms with E-state index in [1.54, 1.807) is 30.9 Å². The third-order valence-corrected chi connectivity index (χ3v) is 5.81. The van der Waals surface area contributed by atoms with E-state index in [9.17, 15) is 13.2 Å². The maximum Gasteiger partial charge on any atom is 0.260 e.